The fraction of sp³-hybridized carbons (Fsp3) is 0.679. The number of nitrogens with one attached hydrogen (secondary N) is 1. The fourth-order valence-electron chi connectivity index (χ4n) is 4.33. The molecule has 1 aromatic rings. The number of amides is 2. The van der Waals surface area contributed by atoms with E-state index in [4.69, 9.17) is 9.47 Å². The quantitative estimate of drug-likeness (QED) is 0.362. The lowest BCUT2D eigenvalue weighted by atomic mass is 10.0. The van der Waals surface area contributed by atoms with Gasteiger partial charge in [-0.2, -0.15) is 0 Å². The van der Waals surface area contributed by atoms with Gasteiger partial charge in [0.15, 0.2) is 5.78 Å². The first-order chi connectivity index (χ1) is 17.0. The summed E-state index contributed by atoms with van der Waals surface area (Å²) in [6, 6.07) is 6.88. The van der Waals surface area contributed by atoms with E-state index < -0.39 is 17.7 Å². The van der Waals surface area contributed by atoms with Gasteiger partial charge < -0.3 is 19.7 Å². The number of ketones is 1. The molecule has 1 saturated heterocycles. The minimum absolute atomic E-state index is 0.0406. The number of hydrogen-bond acceptors (Lipinski definition) is 6. The molecule has 1 aliphatic heterocycles. The van der Waals surface area contributed by atoms with Crippen LogP contribution in [0.3, 0.4) is 0 Å². The van der Waals surface area contributed by atoms with Crippen molar-refractivity contribution in [3.8, 4) is 5.75 Å². The molecular weight excluding hydrogens is 458 g/mol. The molecule has 2 amide bonds. The molecule has 200 valence electrons. The SMILES string of the molecule is CC(C)C[C@@H](NC(=O)OC(C)(C)C)C(=O)N1CCN(CCCOc2ccc(C(=O)C3CC3)cc2)CC1. The molecule has 3 rings (SSSR count). The molecule has 0 bridgehead atoms. The summed E-state index contributed by atoms with van der Waals surface area (Å²) in [7, 11) is 0. The van der Waals surface area contributed by atoms with Gasteiger partial charge in [0.25, 0.3) is 0 Å². The Morgan fingerprint density at radius 2 is 1.67 bits per heavy atom. The predicted molar refractivity (Wildman–Crippen MR) is 139 cm³/mol. The van der Waals surface area contributed by atoms with Crippen LogP contribution < -0.4 is 10.1 Å². The van der Waals surface area contributed by atoms with Crippen LogP contribution in [-0.2, 0) is 9.53 Å². The lowest BCUT2D eigenvalue weighted by Gasteiger charge is -2.37. The molecule has 1 N–H and O–H groups in total. The molecule has 1 heterocycles. The highest BCUT2D eigenvalue weighted by Crippen LogP contribution is 2.32. The Kier molecular flexibility index (Phi) is 9.77. The third-order valence-corrected chi connectivity index (χ3v) is 6.35. The van der Waals surface area contributed by atoms with Crippen LogP contribution in [0.2, 0.25) is 0 Å². The summed E-state index contributed by atoms with van der Waals surface area (Å²) in [5.41, 5.74) is 0.165. The normalized spacial score (nSPS) is 17.6. The first kappa shape index (κ1) is 28.0. The maximum Gasteiger partial charge on any atom is 0.408 e. The number of piperazine rings is 1. The molecule has 1 saturated carbocycles. The van der Waals surface area contributed by atoms with E-state index in [1.807, 2.05) is 63.8 Å². The summed E-state index contributed by atoms with van der Waals surface area (Å²) in [6.45, 7) is 13.9. The number of alkyl carbamates (subject to hydrolysis) is 1. The topological polar surface area (TPSA) is 88.2 Å². The largest absolute Gasteiger partial charge is 0.494 e. The molecule has 2 fully saturated rings. The maximum absolute atomic E-state index is 13.2. The smallest absolute Gasteiger partial charge is 0.408 e. The van der Waals surface area contributed by atoms with Crippen molar-refractivity contribution in [2.45, 2.75) is 71.9 Å². The summed E-state index contributed by atoms with van der Waals surface area (Å²) in [6.07, 6.45) is 2.93. The average molecular weight is 502 g/mol. The number of rotatable bonds is 11. The van der Waals surface area contributed by atoms with E-state index in [-0.39, 0.29) is 23.5 Å². The van der Waals surface area contributed by atoms with Crippen LogP contribution >= 0.6 is 0 Å². The molecule has 1 aromatic carbocycles. The summed E-state index contributed by atoms with van der Waals surface area (Å²) in [4.78, 5) is 41.7. The fourth-order valence-corrected chi connectivity index (χ4v) is 4.33. The van der Waals surface area contributed by atoms with Gasteiger partial charge in [0.2, 0.25) is 5.91 Å². The van der Waals surface area contributed by atoms with E-state index in [9.17, 15) is 14.4 Å². The first-order valence-corrected chi connectivity index (χ1v) is 13.3. The van der Waals surface area contributed by atoms with Gasteiger partial charge in [-0.1, -0.05) is 13.8 Å². The highest BCUT2D eigenvalue weighted by atomic mass is 16.6. The molecule has 8 heteroatoms. The highest BCUT2D eigenvalue weighted by molar-refractivity contribution is 5.99. The Hall–Kier alpha value is -2.61. The van der Waals surface area contributed by atoms with Crippen molar-refractivity contribution in [3.05, 3.63) is 29.8 Å². The van der Waals surface area contributed by atoms with Crippen LogP contribution in [0.4, 0.5) is 4.79 Å². The third kappa shape index (κ3) is 9.12. The number of carbonyl (C=O) groups is 3. The van der Waals surface area contributed by atoms with Crippen LogP contribution in [0.5, 0.6) is 5.75 Å². The van der Waals surface area contributed by atoms with Crippen molar-refractivity contribution in [2.75, 3.05) is 39.3 Å². The van der Waals surface area contributed by atoms with Gasteiger partial charge in [0.1, 0.15) is 17.4 Å². The van der Waals surface area contributed by atoms with Gasteiger partial charge in [0, 0.05) is 44.2 Å². The van der Waals surface area contributed by atoms with Crippen LogP contribution in [0.25, 0.3) is 0 Å². The molecule has 8 nitrogen and oxygen atoms in total. The van der Waals surface area contributed by atoms with E-state index in [0.717, 1.165) is 50.2 Å². The standard InChI is InChI=1S/C28H43N3O5/c1-20(2)19-24(29-27(34)36-28(3,4)5)26(33)31-16-14-30(15-17-31)13-6-18-35-23-11-9-22(10-12-23)25(32)21-7-8-21/h9-12,20-21,24H,6-8,13-19H2,1-5H3,(H,29,34)/t24-/m1/s1. The zero-order valence-corrected chi connectivity index (χ0v) is 22.5. The van der Waals surface area contributed by atoms with E-state index in [1.54, 1.807) is 0 Å². The van der Waals surface area contributed by atoms with E-state index >= 15 is 0 Å². The van der Waals surface area contributed by atoms with Crippen molar-refractivity contribution >= 4 is 17.8 Å². The van der Waals surface area contributed by atoms with Crippen molar-refractivity contribution < 1.29 is 23.9 Å². The molecule has 0 spiro atoms. The van der Waals surface area contributed by atoms with Crippen molar-refractivity contribution in [1.82, 2.24) is 15.1 Å². The monoisotopic (exact) mass is 501 g/mol. The van der Waals surface area contributed by atoms with Gasteiger partial charge in [-0.15, -0.1) is 0 Å². The Morgan fingerprint density at radius 3 is 2.22 bits per heavy atom. The first-order valence-electron chi connectivity index (χ1n) is 13.3. The number of Topliss-reactive ketones (excluding diaryl/α,β-unsaturated/α-hetero) is 1. The molecule has 2 aliphatic rings. The van der Waals surface area contributed by atoms with Crippen molar-refractivity contribution in [1.29, 1.82) is 0 Å². The second-order valence-corrected chi connectivity index (χ2v) is 11.4. The van der Waals surface area contributed by atoms with Crippen LogP contribution in [0.15, 0.2) is 24.3 Å². The number of benzene rings is 1. The second kappa shape index (κ2) is 12.6. The molecule has 0 aromatic heterocycles. The van der Waals surface area contributed by atoms with Crippen LogP contribution in [0, 0.1) is 11.8 Å². The van der Waals surface area contributed by atoms with E-state index in [2.05, 4.69) is 10.2 Å². The van der Waals surface area contributed by atoms with Crippen LogP contribution in [-0.4, -0.2) is 78.6 Å². The van der Waals surface area contributed by atoms with Crippen LogP contribution in [0.1, 0.15) is 70.7 Å². The van der Waals surface area contributed by atoms with Gasteiger partial charge in [-0.25, -0.2) is 4.79 Å². The summed E-state index contributed by atoms with van der Waals surface area (Å²) in [5.74, 6) is 1.49. The van der Waals surface area contributed by atoms with Crippen molar-refractivity contribution in [3.63, 3.8) is 0 Å². The molecule has 0 unspecified atom stereocenters. The Bertz CT molecular complexity index is 881. The molecule has 0 radical (unpaired) electrons. The Labute approximate surface area is 215 Å². The van der Waals surface area contributed by atoms with E-state index in [1.165, 1.54) is 0 Å². The van der Waals surface area contributed by atoms with Gasteiger partial charge >= 0.3 is 6.09 Å². The highest BCUT2D eigenvalue weighted by Gasteiger charge is 2.31. The van der Waals surface area contributed by atoms with Gasteiger partial charge in [-0.3, -0.25) is 14.5 Å². The lowest BCUT2D eigenvalue weighted by molar-refractivity contribution is -0.135. The number of hydrogen-bond donors (Lipinski definition) is 1. The lowest BCUT2D eigenvalue weighted by Crippen LogP contribution is -2.55. The summed E-state index contributed by atoms with van der Waals surface area (Å²) in [5, 5.41) is 2.79. The molecular formula is C28H43N3O5. The molecule has 36 heavy (non-hydrogen) atoms. The zero-order chi connectivity index (χ0) is 26.3. The van der Waals surface area contributed by atoms with E-state index in [0.29, 0.717) is 26.1 Å². The minimum Gasteiger partial charge on any atom is -0.494 e. The Balaban J connectivity index is 1.37. The average Bonchev–Trinajstić information content (AvgIpc) is 3.65. The third-order valence-electron chi connectivity index (χ3n) is 6.35. The van der Waals surface area contributed by atoms with Crippen molar-refractivity contribution in [2.24, 2.45) is 11.8 Å². The summed E-state index contributed by atoms with van der Waals surface area (Å²) >= 11 is 0. The zero-order valence-electron chi connectivity index (χ0n) is 22.5. The number of nitrogens with zero attached hydrogens (tertiary/aromatic N) is 2. The summed E-state index contributed by atoms with van der Waals surface area (Å²) < 4.78 is 11.2. The number of carbonyl (C=O) groups excluding carboxylic acids is 3. The predicted octanol–water partition coefficient (Wildman–Crippen LogP) is 4.13. The number of ether oxygens (including phenoxy) is 2. The minimum atomic E-state index is -0.608. The van der Waals surface area contributed by atoms with Gasteiger partial charge in [-0.05, 0) is 76.6 Å². The molecule has 1 aliphatic carbocycles. The maximum atomic E-state index is 13.2. The Morgan fingerprint density at radius 1 is 1.03 bits per heavy atom. The van der Waals surface area contributed by atoms with Gasteiger partial charge in [0.05, 0.1) is 6.61 Å². The second-order valence-electron chi connectivity index (χ2n) is 11.4. The molecule has 1 atom stereocenters.